The highest BCUT2D eigenvalue weighted by Gasteiger charge is 2.16. The van der Waals surface area contributed by atoms with Gasteiger partial charge in [-0.05, 0) is 48.5 Å². The molecule has 0 unspecified atom stereocenters. The number of methoxy groups -OCH3 is 2. The number of nitrogens with zero attached hydrogens (tertiary/aromatic N) is 1. The number of carboxylic acid groups (broad SMARTS) is 1. The summed E-state index contributed by atoms with van der Waals surface area (Å²) in [6.07, 6.45) is 0. The highest BCUT2D eigenvalue weighted by Crippen LogP contribution is 2.32. The lowest BCUT2D eigenvalue weighted by Crippen LogP contribution is -2.00. The maximum atomic E-state index is 11.7. The first-order chi connectivity index (χ1) is 12.6. The van der Waals surface area contributed by atoms with Crippen LogP contribution in [-0.4, -0.2) is 30.3 Å². The molecule has 2 aromatic heterocycles. The van der Waals surface area contributed by atoms with Gasteiger partial charge in [0.1, 0.15) is 22.8 Å². The van der Waals surface area contributed by atoms with Gasteiger partial charge in [-0.15, -0.1) is 0 Å². The number of aromatic carboxylic acids is 1. The predicted molar refractivity (Wildman–Crippen MR) is 97.0 cm³/mol. The van der Waals surface area contributed by atoms with Gasteiger partial charge in [-0.3, -0.25) is 0 Å². The molecule has 6 heteroatoms. The second kappa shape index (κ2) is 6.07. The van der Waals surface area contributed by atoms with Gasteiger partial charge < -0.3 is 19.0 Å². The smallest absolute Gasteiger partial charge is 0.336 e. The van der Waals surface area contributed by atoms with Crippen LogP contribution in [0.1, 0.15) is 10.4 Å². The quantitative estimate of drug-likeness (QED) is 0.589. The van der Waals surface area contributed by atoms with Crippen molar-refractivity contribution < 1.29 is 23.8 Å². The highest BCUT2D eigenvalue weighted by molar-refractivity contribution is 6.04. The van der Waals surface area contributed by atoms with Crippen molar-refractivity contribution >= 4 is 27.8 Å². The van der Waals surface area contributed by atoms with Crippen LogP contribution in [-0.2, 0) is 0 Å². The number of furan rings is 1. The summed E-state index contributed by atoms with van der Waals surface area (Å²) in [4.78, 5) is 16.3. The molecule has 26 heavy (non-hydrogen) atoms. The van der Waals surface area contributed by atoms with E-state index in [1.807, 2.05) is 18.2 Å². The average molecular weight is 349 g/mol. The van der Waals surface area contributed by atoms with Crippen LogP contribution in [0.5, 0.6) is 11.5 Å². The molecule has 4 rings (SSSR count). The first-order valence-electron chi connectivity index (χ1n) is 7.89. The standard InChI is InChI=1S/C20H15NO5/c1-24-12-4-6-18-11(7-12)8-19(26-18)17-10-15(20(22)23)14-9-13(25-2)3-5-16(14)21-17/h3-10H,1-2H3,(H,22,23). The first kappa shape index (κ1) is 16.0. The van der Waals surface area contributed by atoms with E-state index in [9.17, 15) is 9.90 Å². The predicted octanol–water partition coefficient (Wildman–Crippen LogP) is 4.36. The molecular weight excluding hydrogens is 334 g/mol. The summed E-state index contributed by atoms with van der Waals surface area (Å²) >= 11 is 0. The molecule has 0 bridgehead atoms. The van der Waals surface area contributed by atoms with Crippen LogP contribution >= 0.6 is 0 Å². The van der Waals surface area contributed by atoms with Crippen LogP contribution in [0.3, 0.4) is 0 Å². The van der Waals surface area contributed by atoms with E-state index >= 15 is 0 Å². The number of aromatic nitrogens is 1. The van der Waals surface area contributed by atoms with Crippen LogP contribution in [0.4, 0.5) is 0 Å². The fourth-order valence-corrected chi connectivity index (χ4v) is 2.91. The molecule has 0 spiro atoms. The van der Waals surface area contributed by atoms with E-state index in [0.29, 0.717) is 33.7 Å². The zero-order chi connectivity index (χ0) is 18.3. The van der Waals surface area contributed by atoms with Gasteiger partial charge in [0.25, 0.3) is 0 Å². The molecular formula is C20H15NO5. The summed E-state index contributed by atoms with van der Waals surface area (Å²) in [5, 5.41) is 11.0. The molecule has 0 atom stereocenters. The summed E-state index contributed by atoms with van der Waals surface area (Å²) in [7, 11) is 3.13. The Kier molecular flexibility index (Phi) is 3.73. The molecule has 0 aliphatic heterocycles. The Bertz CT molecular complexity index is 1150. The zero-order valence-electron chi connectivity index (χ0n) is 14.1. The number of ether oxygens (including phenoxy) is 2. The van der Waals surface area contributed by atoms with Crippen molar-refractivity contribution in [1.29, 1.82) is 0 Å². The van der Waals surface area contributed by atoms with Crippen molar-refractivity contribution in [2.45, 2.75) is 0 Å². The Labute approximate surface area is 148 Å². The summed E-state index contributed by atoms with van der Waals surface area (Å²) in [6, 6.07) is 13.9. The number of benzene rings is 2. The van der Waals surface area contributed by atoms with Crippen molar-refractivity contribution in [2.24, 2.45) is 0 Å². The summed E-state index contributed by atoms with van der Waals surface area (Å²) in [5.74, 6) is 0.748. The number of carboxylic acids is 1. The van der Waals surface area contributed by atoms with E-state index in [-0.39, 0.29) is 5.56 Å². The molecule has 0 saturated heterocycles. The van der Waals surface area contributed by atoms with Gasteiger partial charge in [0.15, 0.2) is 5.76 Å². The number of rotatable bonds is 4. The van der Waals surface area contributed by atoms with E-state index in [1.54, 1.807) is 31.4 Å². The van der Waals surface area contributed by atoms with Gasteiger partial charge in [-0.1, -0.05) is 0 Å². The van der Waals surface area contributed by atoms with Crippen LogP contribution in [0.25, 0.3) is 33.3 Å². The maximum absolute atomic E-state index is 11.7. The van der Waals surface area contributed by atoms with Gasteiger partial charge in [0.05, 0.1) is 25.3 Å². The first-order valence-corrected chi connectivity index (χ1v) is 7.89. The molecule has 2 aromatic carbocycles. The Morgan fingerprint density at radius 1 is 1.00 bits per heavy atom. The fraction of sp³-hybridized carbons (Fsp3) is 0.100. The molecule has 0 fully saturated rings. The summed E-state index contributed by atoms with van der Waals surface area (Å²) in [5.41, 5.74) is 1.82. The fourth-order valence-electron chi connectivity index (χ4n) is 2.91. The van der Waals surface area contributed by atoms with Gasteiger partial charge in [0.2, 0.25) is 0 Å². The minimum Gasteiger partial charge on any atom is -0.497 e. The van der Waals surface area contributed by atoms with E-state index in [2.05, 4.69) is 4.98 Å². The lowest BCUT2D eigenvalue weighted by atomic mass is 10.1. The molecule has 0 radical (unpaired) electrons. The van der Waals surface area contributed by atoms with Crippen LogP contribution in [0.15, 0.2) is 52.9 Å². The van der Waals surface area contributed by atoms with E-state index in [1.165, 1.54) is 13.2 Å². The second-order valence-corrected chi connectivity index (χ2v) is 5.76. The van der Waals surface area contributed by atoms with Crippen molar-refractivity contribution in [3.05, 3.63) is 54.1 Å². The Hall–Kier alpha value is -3.54. The molecule has 2 heterocycles. The van der Waals surface area contributed by atoms with Crippen molar-refractivity contribution in [1.82, 2.24) is 4.98 Å². The number of hydrogen-bond donors (Lipinski definition) is 1. The largest absolute Gasteiger partial charge is 0.497 e. The molecule has 6 nitrogen and oxygen atoms in total. The van der Waals surface area contributed by atoms with E-state index in [4.69, 9.17) is 13.9 Å². The summed E-state index contributed by atoms with van der Waals surface area (Å²) < 4.78 is 16.2. The third-order valence-corrected chi connectivity index (χ3v) is 4.22. The monoisotopic (exact) mass is 349 g/mol. The molecule has 130 valence electrons. The lowest BCUT2D eigenvalue weighted by Gasteiger charge is -2.07. The normalized spacial score (nSPS) is 11.0. The number of hydrogen-bond acceptors (Lipinski definition) is 5. The van der Waals surface area contributed by atoms with Crippen molar-refractivity contribution in [3.8, 4) is 23.0 Å². The van der Waals surface area contributed by atoms with Crippen molar-refractivity contribution in [2.75, 3.05) is 14.2 Å². The molecule has 0 aliphatic carbocycles. The van der Waals surface area contributed by atoms with Gasteiger partial charge >= 0.3 is 5.97 Å². The number of carbonyl (C=O) groups is 1. The Morgan fingerprint density at radius 2 is 1.73 bits per heavy atom. The van der Waals surface area contributed by atoms with E-state index in [0.717, 1.165) is 11.1 Å². The third kappa shape index (κ3) is 2.61. The van der Waals surface area contributed by atoms with E-state index < -0.39 is 5.97 Å². The lowest BCUT2D eigenvalue weighted by molar-refractivity contribution is 0.0699. The topological polar surface area (TPSA) is 81.8 Å². The molecule has 4 aromatic rings. The number of pyridine rings is 1. The van der Waals surface area contributed by atoms with Crippen LogP contribution in [0.2, 0.25) is 0 Å². The summed E-state index contributed by atoms with van der Waals surface area (Å²) in [6.45, 7) is 0. The van der Waals surface area contributed by atoms with Gasteiger partial charge in [0, 0.05) is 10.8 Å². The third-order valence-electron chi connectivity index (χ3n) is 4.22. The van der Waals surface area contributed by atoms with Crippen molar-refractivity contribution in [3.63, 3.8) is 0 Å². The Balaban J connectivity index is 1.92. The van der Waals surface area contributed by atoms with Crippen LogP contribution in [0, 0.1) is 0 Å². The van der Waals surface area contributed by atoms with Gasteiger partial charge in [-0.25, -0.2) is 9.78 Å². The minimum absolute atomic E-state index is 0.141. The molecule has 0 aliphatic rings. The van der Waals surface area contributed by atoms with Crippen LogP contribution < -0.4 is 9.47 Å². The minimum atomic E-state index is -1.04. The zero-order valence-corrected chi connectivity index (χ0v) is 14.1. The molecule has 0 amide bonds. The molecule has 1 N–H and O–H groups in total. The highest BCUT2D eigenvalue weighted by atomic mass is 16.5. The Morgan fingerprint density at radius 3 is 2.46 bits per heavy atom. The molecule has 0 saturated carbocycles. The number of fused-ring (bicyclic) bond motifs is 2. The SMILES string of the molecule is COc1ccc2oc(-c3cc(C(=O)O)c4cc(OC)ccc4n3)cc2c1. The van der Waals surface area contributed by atoms with Gasteiger partial charge in [-0.2, -0.15) is 0 Å². The second-order valence-electron chi connectivity index (χ2n) is 5.76. The average Bonchev–Trinajstić information content (AvgIpc) is 3.09. The maximum Gasteiger partial charge on any atom is 0.336 e.